The predicted molar refractivity (Wildman–Crippen MR) is 84.2 cm³/mol. The van der Waals surface area contributed by atoms with Gasteiger partial charge in [-0.05, 0) is 32.5 Å². The van der Waals surface area contributed by atoms with Crippen LogP contribution in [0.4, 0.5) is 0 Å². The smallest absolute Gasteiger partial charge is 0.00219 e. The highest BCUT2D eigenvalue weighted by Crippen LogP contribution is 2.16. The van der Waals surface area contributed by atoms with Crippen molar-refractivity contribution in [3.8, 4) is 0 Å². The molecule has 0 saturated carbocycles. The highest BCUT2D eigenvalue weighted by atomic mass is 15.1. The van der Waals surface area contributed by atoms with Gasteiger partial charge in [0, 0.05) is 0 Å². The first-order chi connectivity index (χ1) is 8.70. The minimum Gasteiger partial charge on any atom is -0.307 e. The van der Waals surface area contributed by atoms with Gasteiger partial charge in [0.05, 0.1) is 0 Å². The Morgan fingerprint density at radius 3 is 1.89 bits per heavy atom. The molecule has 0 aliphatic heterocycles. The van der Waals surface area contributed by atoms with E-state index in [-0.39, 0.29) is 0 Å². The van der Waals surface area contributed by atoms with E-state index >= 15 is 0 Å². The van der Waals surface area contributed by atoms with Crippen molar-refractivity contribution in [1.82, 2.24) is 4.90 Å². The maximum Gasteiger partial charge on any atom is -0.00219 e. The monoisotopic (exact) mass is 255 g/mol. The fourth-order valence-corrected chi connectivity index (χ4v) is 2.55. The molecule has 0 rings (SSSR count). The molecule has 1 atom stereocenters. The summed E-state index contributed by atoms with van der Waals surface area (Å²) in [6.07, 6.45) is 14.3. The molecule has 0 N–H and O–H groups in total. The third-order valence-corrected chi connectivity index (χ3v) is 4.06. The standard InChI is InChI=1S/C17H37N/c1-5-14-17(3)15-12-10-8-7-9-11-13-16-18(4)6-2/h17H,5-16H2,1-4H3. The molecular formula is C17H37N. The van der Waals surface area contributed by atoms with Gasteiger partial charge in [0.15, 0.2) is 0 Å². The highest BCUT2D eigenvalue weighted by Gasteiger charge is 2.00. The molecule has 1 unspecified atom stereocenters. The first-order valence-electron chi connectivity index (χ1n) is 8.39. The Morgan fingerprint density at radius 2 is 1.33 bits per heavy atom. The van der Waals surface area contributed by atoms with Gasteiger partial charge in [0.2, 0.25) is 0 Å². The molecule has 0 aromatic carbocycles. The van der Waals surface area contributed by atoms with Crippen molar-refractivity contribution in [1.29, 1.82) is 0 Å². The second-order valence-corrected chi connectivity index (χ2v) is 6.05. The summed E-state index contributed by atoms with van der Waals surface area (Å²) in [5, 5.41) is 0. The maximum absolute atomic E-state index is 2.41. The fraction of sp³-hybridized carbons (Fsp3) is 1.00. The Hall–Kier alpha value is -0.0400. The molecule has 0 spiro atoms. The molecule has 0 amide bonds. The molecule has 0 radical (unpaired) electrons. The largest absolute Gasteiger partial charge is 0.307 e. The molecule has 0 aliphatic carbocycles. The SMILES string of the molecule is CCCC(C)CCCCCCCCCN(C)CC. The Morgan fingerprint density at radius 1 is 0.778 bits per heavy atom. The number of hydrogen-bond acceptors (Lipinski definition) is 1. The molecule has 110 valence electrons. The van der Waals surface area contributed by atoms with Gasteiger partial charge in [-0.2, -0.15) is 0 Å². The molecule has 0 aliphatic rings. The molecule has 1 heteroatoms. The van der Waals surface area contributed by atoms with Crippen molar-refractivity contribution < 1.29 is 0 Å². The van der Waals surface area contributed by atoms with Crippen molar-refractivity contribution in [2.24, 2.45) is 5.92 Å². The number of rotatable bonds is 13. The summed E-state index contributed by atoms with van der Waals surface area (Å²) in [6, 6.07) is 0. The second-order valence-electron chi connectivity index (χ2n) is 6.05. The maximum atomic E-state index is 2.41. The van der Waals surface area contributed by atoms with Gasteiger partial charge in [0.25, 0.3) is 0 Å². The van der Waals surface area contributed by atoms with Crippen LogP contribution in [0.2, 0.25) is 0 Å². The molecule has 0 aromatic heterocycles. The normalized spacial score (nSPS) is 13.2. The molecular weight excluding hydrogens is 218 g/mol. The molecule has 0 aromatic rings. The van der Waals surface area contributed by atoms with E-state index in [0.717, 1.165) is 5.92 Å². The Kier molecular flexibility index (Phi) is 13.4. The van der Waals surface area contributed by atoms with E-state index in [9.17, 15) is 0 Å². The van der Waals surface area contributed by atoms with Gasteiger partial charge in [0.1, 0.15) is 0 Å². The van der Waals surface area contributed by atoms with Crippen molar-refractivity contribution in [2.45, 2.75) is 85.0 Å². The molecule has 0 heterocycles. The van der Waals surface area contributed by atoms with Crippen LogP contribution < -0.4 is 0 Å². The van der Waals surface area contributed by atoms with E-state index in [2.05, 4.69) is 32.7 Å². The average molecular weight is 255 g/mol. The third-order valence-electron chi connectivity index (χ3n) is 4.06. The second kappa shape index (κ2) is 13.4. The summed E-state index contributed by atoms with van der Waals surface area (Å²) in [5.41, 5.74) is 0. The van der Waals surface area contributed by atoms with E-state index in [4.69, 9.17) is 0 Å². The van der Waals surface area contributed by atoms with Crippen molar-refractivity contribution in [3.05, 3.63) is 0 Å². The van der Waals surface area contributed by atoms with Gasteiger partial charge >= 0.3 is 0 Å². The van der Waals surface area contributed by atoms with Crippen LogP contribution in [-0.4, -0.2) is 25.0 Å². The fourth-order valence-electron chi connectivity index (χ4n) is 2.55. The summed E-state index contributed by atoms with van der Waals surface area (Å²) in [7, 11) is 2.22. The molecule has 0 fully saturated rings. The zero-order chi connectivity index (χ0) is 13.6. The van der Waals surface area contributed by atoms with Gasteiger partial charge in [-0.3, -0.25) is 0 Å². The lowest BCUT2D eigenvalue weighted by Gasteiger charge is -2.13. The van der Waals surface area contributed by atoms with Crippen LogP contribution in [0.3, 0.4) is 0 Å². The topological polar surface area (TPSA) is 3.24 Å². The number of hydrogen-bond donors (Lipinski definition) is 0. The van der Waals surface area contributed by atoms with E-state index in [1.807, 2.05) is 0 Å². The predicted octanol–water partition coefficient (Wildman–Crippen LogP) is 5.50. The van der Waals surface area contributed by atoms with Crippen LogP contribution >= 0.6 is 0 Å². The van der Waals surface area contributed by atoms with Crippen LogP contribution in [0.15, 0.2) is 0 Å². The lowest BCUT2D eigenvalue weighted by atomic mass is 9.98. The summed E-state index contributed by atoms with van der Waals surface area (Å²) in [4.78, 5) is 2.41. The summed E-state index contributed by atoms with van der Waals surface area (Å²) in [6.45, 7) is 9.42. The molecule has 0 saturated heterocycles. The van der Waals surface area contributed by atoms with E-state index in [1.54, 1.807) is 0 Å². The Balaban J connectivity index is 3.07. The quantitative estimate of drug-likeness (QED) is 0.393. The molecule has 1 nitrogen and oxygen atoms in total. The molecule has 18 heavy (non-hydrogen) atoms. The van der Waals surface area contributed by atoms with Gasteiger partial charge in [-0.15, -0.1) is 0 Å². The van der Waals surface area contributed by atoms with Crippen molar-refractivity contribution in [3.63, 3.8) is 0 Å². The lowest BCUT2D eigenvalue weighted by Crippen LogP contribution is -2.18. The average Bonchev–Trinajstić information content (AvgIpc) is 2.36. The minimum atomic E-state index is 0.958. The Labute approximate surface area is 116 Å². The molecule has 0 bridgehead atoms. The van der Waals surface area contributed by atoms with Crippen molar-refractivity contribution in [2.75, 3.05) is 20.1 Å². The number of unbranched alkanes of at least 4 members (excludes halogenated alkanes) is 6. The highest BCUT2D eigenvalue weighted by molar-refractivity contribution is 4.54. The Bertz CT molecular complexity index is 156. The third kappa shape index (κ3) is 12.4. The first-order valence-corrected chi connectivity index (χ1v) is 8.39. The van der Waals surface area contributed by atoms with Gasteiger partial charge in [-0.1, -0.05) is 78.6 Å². The van der Waals surface area contributed by atoms with Gasteiger partial charge < -0.3 is 4.90 Å². The van der Waals surface area contributed by atoms with Gasteiger partial charge in [-0.25, -0.2) is 0 Å². The lowest BCUT2D eigenvalue weighted by molar-refractivity contribution is 0.340. The summed E-state index contributed by atoms with van der Waals surface area (Å²) < 4.78 is 0. The number of nitrogens with zero attached hydrogens (tertiary/aromatic N) is 1. The van der Waals surface area contributed by atoms with E-state index in [0.29, 0.717) is 0 Å². The van der Waals surface area contributed by atoms with Crippen LogP contribution in [0.5, 0.6) is 0 Å². The van der Waals surface area contributed by atoms with Crippen molar-refractivity contribution >= 4 is 0 Å². The minimum absolute atomic E-state index is 0.958. The van der Waals surface area contributed by atoms with Crippen LogP contribution in [0, 0.1) is 5.92 Å². The van der Waals surface area contributed by atoms with Crippen LogP contribution in [-0.2, 0) is 0 Å². The van der Waals surface area contributed by atoms with Crippen LogP contribution in [0.1, 0.15) is 85.0 Å². The summed E-state index contributed by atoms with van der Waals surface area (Å²) >= 11 is 0. The van der Waals surface area contributed by atoms with E-state index < -0.39 is 0 Å². The first kappa shape index (κ1) is 18.0. The van der Waals surface area contributed by atoms with Crippen LogP contribution in [0.25, 0.3) is 0 Å². The zero-order valence-electron chi connectivity index (χ0n) is 13.5. The summed E-state index contributed by atoms with van der Waals surface area (Å²) in [5.74, 6) is 0.958. The van der Waals surface area contributed by atoms with E-state index in [1.165, 1.54) is 77.3 Å². The zero-order valence-corrected chi connectivity index (χ0v) is 13.5.